The van der Waals surface area contributed by atoms with Crippen LogP contribution in [0.3, 0.4) is 0 Å². The van der Waals surface area contributed by atoms with Crippen LogP contribution >= 0.6 is 0 Å². The molecule has 1 aromatic carbocycles. The van der Waals surface area contributed by atoms with Crippen molar-refractivity contribution in [3.8, 4) is 5.75 Å². The number of ketones is 1. The molecule has 0 amide bonds. The molecule has 2 N–H and O–H groups in total. The van der Waals surface area contributed by atoms with Gasteiger partial charge in [-0.05, 0) is 79.4 Å². The standard InChI is InChI=1S/C28H36O5/c1-17-13-20-21-10-12-27(31,28(16-32-28)33-19-7-5-4-6-8-19)26(21,3)15-23(30)24(20)25(2)11-9-18(29)14-22(17)25/h4-8,14,17,20-21,23-24,30-31H,9-13,15-16H2,1-3H3/t17?,20-,21-,23?,24+,25-,26-,27+,28?/m0/s1. The number of epoxide rings is 1. The summed E-state index contributed by atoms with van der Waals surface area (Å²) in [5, 5.41) is 24.0. The first kappa shape index (κ1) is 21.8. The number of fused-ring (bicyclic) bond motifs is 5. The molecule has 178 valence electrons. The Morgan fingerprint density at radius 1 is 1.15 bits per heavy atom. The van der Waals surface area contributed by atoms with E-state index in [0.717, 1.165) is 19.3 Å². The number of carbonyl (C=O) groups is 1. The molecule has 4 aliphatic carbocycles. The highest BCUT2D eigenvalue weighted by atomic mass is 16.8. The summed E-state index contributed by atoms with van der Waals surface area (Å²) in [6, 6.07) is 9.59. The third-order valence-corrected chi connectivity index (χ3v) is 10.4. The summed E-state index contributed by atoms with van der Waals surface area (Å²) in [5.41, 5.74) is -0.563. The van der Waals surface area contributed by atoms with E-state index in [2.05, 4.69) is 20.8 Å². The van der Waals surface area contributed by atoms with E-state index in [1.54, 1.807) is 0 Å². The van der Waals surface area contributed by atoms with Crippen LogP contribution in [-0.4, -0.2) is 40.1 Å². The monoisotopic (exact) mass is 452 g/mol. The molecule has 0 radical (unpaired) electrons. The third kappa shape index (κ3) is 2.79. The molecule has 0 aromatic heterocycles. The molecular formula is C28H36O5. The minimum absolute atomic E-state index is 0.125. The number of hydrogen-bond acceptors (Lipinski definition) is 5. The van der Waals surface area contributed by atoms with Crippen LogP contribution in [0.4, 0.5) is 0 Å². The highest BCUT2D eigenvalue weighted by molar-refractivity contribution is 5.91. The summed E-state index contributed by atoms with van der Waals surface area (Å²) in [4.78, 5) is 12.2. The minimum Gasteiger partial charge on any atom is -0.457 e. The maximum Gasteiger partial charge on any atom is 0.264 e. The largest absolute Gasteiger partial charge is 0.457 e. The SMILES string of the molecule is CC1C[C@@H]2[C@H](C(O)C[C@@]3(C)[C@H]2CC[C@]3(O)C2(Oc3ccccc3)CO2)[C@@]2(C)CCC(=O)C=C12. The second-order valence-electron chi connectivity index (χ2n) is 12.0. The third-order valence-electron chi connectivity index (χ3n) is 10.4. The van der Waals surface area contributed by atoms with Crippen molar-refractivity contribution in [1.82, 2.24) is 0 Å². The van der Waals surface area contributed by atoms with Crippen molar-refractivity contribution in [2.75, 3.05) is 6.61 Å². The first-order valence-electron chi connectivity index (χ1n) is 12.7. The average molecular weight is 453 g/mol. The number of allylic oxidation sites excluding steroid dienone is 1. The summed E-state index contributed by atoms with van der Waals surface area (Å²) in [6.07, 6.45) is 5.76. The zero-order chi connectivity index (χ0) is 23.2. The molecule has 1 aliphatic heterocycles. The first-order chi connectivity index (χ1) is 15.6. The van der Waals surface area contributed by atoms with Gasteiger partial charge in [-0.2, -0.15) is 0 Å². The van der Waals surface area contributed by atoms with Gasteiger partial charge in [0.2, 0.25) is 0 Å². The van der Waals surface area contributed by atoms with Gasteiger partial charge in [-0.25, -0.2) is 0 Å². The Bertz CT molecular complexity index is 999. The molecule has 5 heteroatoms. The summed E-state index contributed by atoms with van der Waals surface area (Å²) in [6.45, 7) is 7.04. The van der Waals surface area contributed by atoms with Crippen LogP contribution in [0.25, 0.3) is 0 Å². The van der Waals surface area contributed by atoms with Gasteiger partial charge in [0.1, 0.15) is 18.0 Å². The molecule has 5 nitrogen and oxygen atoms in total. The number of ether oxygens (including phenoxy) is 2. The molecule has 3 unspecified atom stereocenters. The van der Waals surface area contributed by atoms with Crippen LogP contribution < -0.4 is 4.74 Å². The van der Waals surface area contributed by atoms with Crippen molar-refractivity contribution in [3.05, 3.63) is 42.0 Å². The van der Waals surface area contributed by atoms with Crippen molar-refractivity contribution in [1.29, 1.82) is 0 Å². The Morgan fingerprint density at radius 3 is 2.58 bits per heavy atom. The van der Waals surface area contributed by atoms with Gasteiger partial charge in [-0.3, -0.25) is 4.79 Å². The summed E-state index contributed by atoms with van der Waals surface area (Å²) in [7, 11) is 0. The molecule has 4 fully saturated rings. The fourth-order valence-electron chi connectivity index (χ4n) is 8.88. The van der Waals surface area contributed by atoms with Gasteiger partial charge in [0.15, 0.2) is 5.78 Å². The number of rotatable bonds is 3. The van der Waals surface area contributed by atoms with Gasteiger partial charge < -0.3 is 19.7 Å². The average Bonchev–Trinajstić information content (AvgIpc) is 3.50. The van der Waals surface area contributed by atoms with Crippen molar-refractivity contribution >= 4 is 5.78 Å². The molecule has 3 saturated carbocycles. The number of aliphatic hydroxyl groups is 2. The van der Waals surface area contributed by atoms with Gasteiger partial charge in [0.25, 0.3) is 5.79 Å². The van der Waals surface area contributed by atoms with E-state index in [1.165, 1.54) is 5.57 Å². The van der Waals surface area contributed by atoms with E-state index in [9.17, 15) is 15.0 Å². The lowest BCUT2D eigenvalue weighted by atomic mass is 9.44. The fraction of sp³-hybridized carbons (Fsp3) is 0.679. The maximum atomic E-state index is 12.3. The van der Waals surface area contributed by atoms with Crippen molar-refractivity contribution in [2.24, 2.45) is 34.5 Å². The smallest absolute Gasteiger partial charge is 0.264 e. The van der Waals surface area contributed by atoms with Crippen molar-refractivity contribution in [3.63, 3.8) is 0 Å². The molecule has 1 heterocycles. The number of para-hydroxylation sites is 1. The number of hydrogen-bond donors (Lipinski definition) is 2. The van der Waals surface area contributed by atoms with Gasteiger partial charge in [0.05, 0.1) is 6.10 Å². The van der Waals surface area contributed by atoms with E-state index in [0.29, 0.717) is 43.5 Å². The highest BCUT2D eigenvalue weighted by Gasteiger charge is 2.77. The predicted octanol–water partition coefficient (Wildman–Crippen LogP) is 4.27. The Hall–Kier alpha value is -1.69. The zero-order valence-corrected chi connectivity index (χ0v) is 19.9. The maximum absolute atomic E-state index is 12.3. The van der Waals surface area contributed by atoms with Crippen LogP contribution in [-0.2, 0) is 9.53 Å². The van der Waals surface area contributed by atoms with Crippen LogP contribution in [0.5, 0.6) is 5.75 Å². The van der Waals surface area contributed by atoms with Gasteiger partial charge in [0, 0.05) is 11.8 Å². The quantitative estimate of drug-likeness (QED) is 0.670. The molecule has 0 bridgehead atoms. The van der Waals surface area contributed by atoms with E-state index >= 15 is 0 Å². The van der Waals surface area contributed by atoms with E-state index < -0.39 is 22.9 Å². The molecule has 1 saturated heterocycles. The predicted molar refractivity (Wildman–Crippen MR) is 123 cm³/mol. The van der Waals surface area contributed by atoms with Crippen molar-refractivity contribution in [2.45, 2.75) is 76.8 Å². The highest BCUT2D eigenvalue weighted by Crippen LogP contribution is 2.71. The lowest BCUT2D eigenvalue weighted by molar-refractivity contribution is -0.227. The molecule has 33 heavy (non-hydrogen) atoms. The topological polar surface area (TPSA) is 79.3 Å². The Labute approximate surface area is 196 Å². The molecule has 6 rings (SSSR count). The Kier molecular flexibility index (Phi) is 4.58. The lowest BCUT2D eigenvalue weighted by Crippen LogP contribution is -2.65. The molecule has 1 aromatic rings. The Morgan fingerprint density at radius 2 is 1.88 bits per heavy atom. The van der Waals surface area contributed by atoms with E-state index in [4.69, 9.17) is 9.47 Å². The van der Waals surface area contributed by atoms with Gasteiger partial charge in [-0.1, -0.05) is 44.5 Å². The Balaban J connectivity index is 1.36. The lowest BCUT2D eigenvalue weighted by Gasteiger charge is -2.62. The number of aliphatic hydroxyl groups excluding tert-OH is 1. The van der Waals surface area contributed by atoms with Crippen LogP contribution in [0.15, 0.2) is 42.0 Å². The first-order valence-corrected chi connectivity index (χ1v) is 12.7. The second-order valence-corrected chi connectivity index (χ2v) is 12.0. The molecular weight excluding hydrogens is 416 g/mol. The van der Waals surface area contributed by atoms with E-state index in [1.807, 2.05) is 36.4 Å². The van der Waals surface area contributed by atoms with Gasteiger partial charge in [-0.15, -0.1) is 0 Å². The molecule has 0 spiro atoms. The second kappa shape index (κ2) is 6.93. The normalized spacial score (nSPS) is 50.6. The number of carbonyl (C=O) groups excluding carboxylic acids is 1. The fourth-order valence-corrected chi connectivity index (χ4v) is 8.88. The van der Waals surface area contributed by atoms with Crippen LogP contribution in [0.1, 0.15) is 59.3 Å². The summed E-state index contributed by atoms with van der Waals surface area (Å²) < 4.78 is 12.2. The van der Waals surface area contributed by atoms with E-state index in [-0.39, 0.29) is 23.0 Å². The minimum atomic E-state index is -1.16. The van der Waals surface area contributed by atoms with Crippen LogP contribution in [0, 0.1) is 34.5 Å². The van der Waals surface area contributed by atoms with Crippen LogP contribution in [0.2, 0.25) is 0 Å². The molecule has 5 aliphatic rings. The van der Waals surface area contributed by atoms with Crippen molar-refractivity contribution < 1.29 is 24.5 Å². The summed E-state index contributed by atoms with van der Waals surface area (Å²) in [5.74, 6) is 0.918. The number of benzene rings is 1. The molecule has 9 atom stereocenters. The summed E-state index contributed by atoms with van der Waals surface area (Å²) >= 11 is 0. The van der Waals surface area contributed by atoms with Gasteiger partial charge >= 0.3 is 0 Å². The zero-order valence-electron chi connectivity index (χ0n) is 19.9.